The van der Waals surface area contributed by atoms with Crippen LogP contribution in [0.4, 0.5) is 10.2 Å². The molecule has 0 spiro atoms. The number of rotatable bonds is 4. The summed E-state index contributed by atoms with van der Waals surface area (Å²) < 4.78 is 16.8. The first-order valence-electron chi connectivity index (χ1n) is 10.2. The standard InChI is InChI=1S/C23H23FN4O2/c1-23(2)12-27(13-23)22(30)15-8-9-16(17(24)10-15)18-4-3-5-20-25-19(11-28(18)20)26-21(29)14-6-7-14/h3-5,8-11,14H,6-7,12-13H2,1-2H3,(H,26,29). The summed E-state index contributed by atoms with van der Waals surface area (Å²) in [5.41, 5.74) is 2.06. The van der Waals surface area contributed by atoms with Gasteiger partial charge in [-0.15, -0.1) is 0 Å². The van der Waals surface area contributed by atoms with Crippen molar-refractivity contribution in [3.8, 4) is 11.3 Å². The summed E-state index contributed by atoms with van der Waals surface area (Å²) in [4.78, 5) is 30.8. The molecule has 2 aromatic heterocycles. The van der Waals surface area contributed by atoms with E-state index in [2.05, 4.69) is 24.1 Å². The minimum absolute atomic E-state index is 0.0248. The highest BCUT2D eigenvalue weighted by Crippen LogP contribution is 2.32. The molecule has 3 heterocycles. The van der Waals surface area contributed by atoms with E-state index in [0.717, 1.165) is 12.8 Å². The molecule has 0 radical (unpaired) electrons. The molecule has 0 bridgehead atoms. The Labute approximate surface area is 173 Å². The minimum atomic E-state index is -0.467. The lowest BCUT2D eigenvalue weighted by Crippen LogP contribution is -2.55. The van der Waals surface area contributed by atoms with E-state index >= 15 is 4.39 Å². The Morgan fingerprint density at radius 1 is 1.17 bits per heavy atom. The first kappa shape index (κ1) is 18.8. The number of benzene rings is 1. The van der Waals surface area contributed by atoms with Crippen molar-refractivity contribution in [2.75, 3.05) is 18.4 Å². The Balaban J connectivity index is 1.44. The maximum atomic E-state index is 15.0. The van der Waals surface area contributed by atoms with Crippen molar-refractivity contribution in [3.05, 3.63) is 54.0 Å². The van der Waals surface area contributed by atoms with E-state index in [9.17, 15) is 9.59 Å². The minimum Gasteiger partial charge on any atom is -0.337 e. The van der Waals surface area contributed by atoms with Crippen molar-refractivity contribution in [1.82, 2.24) is 14.3 Å². The highest BCUT2D eigenvalue weighted by molar-refractivity contribution is 5.95. The van der Waals surface area contributed by atoms with Crippen LogP contribution in [0.3, 0.4) is 0 Å². The zero-order valence-corrected chi connectivity index (χ0v) is 17.0. The van der Waals surface area contributed by atoms with E-state index in [-0.39, 0.29) is 23.1 Å². The maximum Gasteiger partial charge on any atom is 0.253 e. The first-order valence-corrected chi connectivity index (χ1v) is 10.2. The van der Waals surface area contributed by atoms with Gasteiger partial charge in [0, 0.05) is 30.1 Å². The van der Waals surface area contributed by atoms with Gasteiger partial charge in [0.05, 0.1) is 11.9 Å². The van der Waals surface area contributed by atoms with Gasteiger partial charge in [-0.05, 0) is 48.6 Å². The maximum absolute atomic E-state index is 15.0. The number of pyridine rings is 1. The topological polar surface area (TPSA) is 66.7 Å². The molecule has 1 aromatic carbocycles. The van der Waals surface area contributed by atoms with Gasteiger partial charge in [0.2, 0.25) is 5.91 Å². The van der Waals surface area contributed by atoms with Gasteiger partial charge in [0.1, 0.15) is 11.5 Å². The summed E-state index contributed by atoms with van der Waals surface area (Å²) in [5.74, 6) is -0.111. The lowest BCUT2D eigenvalue weighted by Gasteiger charge is -2.45. The van der Waals surface area contributed by atoms with E-state index in [1.165, 1.54) is 6.07 Å². The highest BCUT2D eigenvalue weighted by atomic mass is 19.1. The van der Waals surface area contributed by atoms with Gasteiger partial charge in [-0.2, -0.15) is 0 Å². The highest BCUT2D eigenvalue weighted by Gasteiger charge is 2.37. The number of amides is 2. The number of likely N-dealkylation sites (tertiary alicyclic amines) is 1. The molecule has 30 heavy (non-hydrogen) atoms. The average molecular weight is 406 g/mol. The van der Waals surface area contributed by atoms with Crippen LogP contribution in [0.25, 0.3) is 16.9 Å². The summed E-state index contributed by atoms with van der Waals surface area (Å²) in [6.45, 7) is 5.57. The Hall–Kier alpha value is -3.22. The summed E-state index contributed by atoms with van der Waals surface area (Å²) in [6, 6.07) is 9.98. The van der Waals surface area contributed by atoms with Crippen LogP contribution in [0.2, 0.25) is 0 Å². The van der Waals surface area contributed by atoms with Gasteiger partial charge in [0.25, 0.3) is 5.91 Å². The predicted octanol–water partition coefficient (Wildman–Crippen LogP) is 3.97. The first-order chi connectivity index (χ1) is 14.3. The third kappa shape index (κ3) is 3.34. The number of nitrogens with one attached hydrogen (secondary N) is 1. The monoisotopic (exact) mass is 406 g/mol. The van der Waals surface area contributed by atoms with Gasteiger partial charge in [-0.1, -0.05) is 19.9 Å². The molecular weight excluding hydrogens is 383 g/mol. The number of hydrogen-bond donors (Lipinski definition) is 1. The summed E-state index contributed by atoms with van der Waals surface area (Å²) >= 11 is 0. The number of anilines is 1. The largest absolute Gasteiger partial charge is 0.337 e. The Morgan fingerprint density at radius 2 is 1.93 bits per heavy atom. The van der Waals surface area contributed by atoms with Gasteiger partial charge in [0.15, 0.2) is 5.82 Å². The molecule has 5 rings (SSSR count). The molecule has 2 amide bonds. The van der Waals surface area contributed by atoms with Gasteiger partial charge >= 0.3 is 0 Å². The van der Waals surface area contributed by atoms with Crippen molar-refractivity contribution in [2.45, 2.75) is 26.7 Å². The lowest BCUT2D eigenvalue weighted by atomic mass is 9.84. The zero-order valence-electron chi connectivity index (χ0n) is 17.0. The fourth-order valence-corrected chi connectivity index (χ4v) is 4.03. The van der Waals surface area contributed by atoms with Gasteiger partial charge in [-0.25, -0.2) is 9.37 Å². The Bertz CT molecular complexity index is 1170. The van der Waals surface area contributed by atoms with Crippen molar-refractivity contribution in [3.63, 3.8) is 0 Å². The van der Waals surface area contributed by atoms with E-state index < -0.39 is 5.82 Å². The van der Waals surface area contributed by atoms with Crippen molar-refractivity contribution in [2.24, 2.45) is 11.3 Å². The summed E-state index contributed by atoms with van der Waals surface area (Å²) in [7, 11) is 0. The van der Waals surface area contributed by atoms with Crippen LogP contribution < -0.4 is 5.32 Å². The normalized spacial score (nSPS) is 17.6. The van der Waals surface area contributed by atoms with Crippen LogP contribution in [-0.4, -0.2) is 39.2 Å². The molecule has 6 nitrogen and oxygen atoms in total. The summed E-state index contributed by atoms with van der Waals surface area (Å²) in [6.07, 6.45) is 3.52. The number of hydrogen-bond acceptors (Lipinski definition) is 3. The number of carbonyl (C=O) groups is 2. The second-order valence-corrected chi connectivity index (χ2v) is 9.05. The third-order valence-corrected chi connectivity index (χ3v) is 5.71. The zero-order chi connectivity index (χ0) is 21.0. The molecule has 2 aliphatic rings. The molecule has 1 N–H and O–H groups in total. The van der Waals surface area contributed by atoms with E-state index in [0.29, 0.717) is 41.4 Å². The van der Waals surface area contributed by atoms with Crippen molar-refractivity contribution in [1.29, 1.82) is 0 Å². The van der Waals surface area contributed by atoms with Crippen molar-refractivity contribution >= 4 is 23.3 Å². The third-order valence-electron chi connectivity index (χ3n) is 5.71. The SMILES string of the molecule is CC1(C)CN(C(=O)c2ccc(-c3cccc4nc(NC(=O)C5CC5)cn34)c(F)c2)C1. The molecule has 154 valence electrons. The predicted molar refractivity (Wildman–Crippen MR) is 112 cm³/mol. The molecule has 1 aliphatic heterocycles. The molecular formula is C23H23FN4O2. The molecule has 0 unspecified atom stereocenters. The Kier molecular flexibility index (Phi) is 4.17. The molecule has 2 fully saturated rings. The fourth-order valence-electron chi connectivity index (χ4n) is 4.03. The molecule has 1 saturated carbocycles. The molecule has 1 saturated heterocycles. The molecule has 0 atom stereocenters. The lowest BCUT2D eigenvalue weighted by molar-refractivity contribution is -0.117. The number of halogens is 1. The number of carbonyl (C=O) groups excluding carboxylic acids is 2. The van der Waals surface area contributed by atoms with Crippen LogP contribution in [0, 0.1) is 17.2 Å². The fraction of sp³-hybridized carbons (Fsp3) is 0.348. The van der Waals surface area contributed by atoms with Crippen LogP contribution in [0.15, 0.2) is 42.6 Å². The van der Waals surface area contributed by atoms with E-state index in [4.69, 9.17) is 0 Å². The van der Waals surface area contributed by atoms with Crippen LogP contribution in [0.5, 0.6) is 0 Å². The van der Waals surface area contributed by atoms with Gasteiger partial charge < -0.3 is 10.2 Å². The van der Waals surface area contributed by atoms with Crippen molar-refractivity contribution < 1.29 is 14.0 Å². The van der Waals surface area contributed by atoms with E-state index in [1.54, 1.807) is 45.8 Å². The number of aromatic nitrogens is 2. The number of nitrogens with zero attached hydrogens (tertiary/aromatic N) is 3. The quantitative estimate of drug-likeness (QED) is 0.713. The average Bonchev–Trinajstić information content (AvgIpc) is 3.45. The van der Waals surface area contributed by atoms with Gasteiger partial charge in [-0.3, -0.25) is 14.0 Å². The van der Waals surface area contributed by atoms with Crippen LogP contribution in [-0.2, 0) is 4.79 Å². The number of fused-ring (bicyclic) bond motifs is 1. The molecule has 7 heteroatoms. The smallest absolute Gasteiger partial charge is 0.253 e. The van der Waals surface area contributed by atoms with E-state index in [1.807, 2.05) is 0 Å². The second kappa shape index (κ2) is 6.65. The molecule has 1 aliphatic carbocycles. The van der Waals surface area contributed by atoms with Crippen LogP contribution >= 0.6 is 0 Å². The molecule has 3 aromatic rings. The summed E-state index contributed by atoms with van der Waals surface area (Å²) in [5, 5.41) is 2.83. The second-order valence-electron chi connectivity index (χ2n) is 9.05. The number of imidazole rings is 1. The Morgan fingerprint density at radius 3 is 2.60 bits per heavy atom. The van der Waals surface area contributed by atoms with Crippen LogP contribution in [0.1, 0.15) is 37.0 Å².